The van der Waals surface area contributed by atoms with Gasteiger partial charge in [0.25, 0.3) is 5.91 Å². The van der Waals surface area contributed by atoms with Crippen molar-refractivity contribution in [3.05, 3.63) is 48.3 Å². The molecule has 3 rings (SSSR count). The first-order valence-corrected chi connectivity index (χ1v) is 11.7. The summed E-state index contributed by atoms with van der Waals surface area (Å²) in [6.45, 7) is 5.87. The van der Waals surface area contributed by atoms with Gasteiger partial charge in [0.1, 0.15) is 6.04 Å². The van der Waals surface area contributed by atoms with Crippen molar-refractivity contribution in [1.82, 2.24) is 8.87 Å². The third-order valence-electron chi connectivity index (χ3n) is 5.69. The van der Waals surface area contributed by atoms with Crippen LogP contribution in [0.2, 0.25) is 0 Å². The molecule has 158 valence electrons. The number of anilines is 1. The van der Waals surface area contributed by atoms with E-state index in [-0.39, 0.29) is 10.8 Å². The number of carbonyl (C=O) groups is 1. The van der Waals surface area contributed by atoms with E-state index in [1.54, 1.807) is 24.3 Å². The molecule has 1 amide bonds. The first-order valence-electron chi connectivity index (χ1n) is 10.2. The molecule has 1 fully saturated rings. The summed E-state index contributed by atoms with van der Waals surface area (Å²) in [5.41, 5.74) is 1.87. The fourth-order valence-corrected chi connectivity index (χ4v) is 5.61. The van der Waals surface area contributed by atoms with Crippen LogP contribution in [0.15, 0.2) is 47.5 Å². The van der Waals surface area contributed by atoms with Crippen LogP contribution in [0.25, 0.3) is 0 Å². The van der Waals surface area contributed by atoms with Gasteiger partial charge in [-0.05, 0) is 36.4 Å². The van der Waals surface area contributed by atoms with E-state index >= 15 is 0 Å². The molecule has 1 unspecified atom stereocenters. The van der Waals surface area contributed by atoms with Crippen molar-refractivity contribution in [1.29, 1.82) is 0 Å². The molecule has 2 atom stereocenters. The molecule has 1 aromatic heterocycles. The predicted molar refractivity (Wildman–Crippen MR) is 113 cm³/mol. The molecular formula is C21H31N4O3S+. The molecule has 1 aliphatic heterocycles. The molecule has 1 saturated heterocycles. The van der Waals surface area contributed by atoms with Gasteiger partial charge in [0.2, 0.25) is 10.0 Å². The third kappa shape index (κ3) is 4.71. The SMILES string of the molecule is CCN(CC)S(=O)(=O)c1ccc(NC(=O)C[NH+]2CCC[C@H]2c2cccn2C)cc1. The summed E-state index contributed by atoms with van der Waals surface area (Å²) in [4.78, 5) is 14.1. The second kappa shape index (κ2) is 9.11. The smallest absolute Gasteiger partial charge is 0.279 e. The summed E-state index contributed by atoms with van der Waals surface area (Å²) in [6.07, 6.45) is 4.23. The Morgan fingerprint density at radius 1 is 1.21 bits per heavy atom. The lowest BCUT2D eigenvalue weighted by Crippen LogP contribution is -3.11. The van der Waals surface area contributed by atoms with E-state index in [2.05, 4.69) is 16.0 Å². The number of nitrogens with one attached hydrogen (secondary N) is 2. The minimum Gasteiger partial charge on any atom is -0.350 e. The maximum Gasteiger partial charge on any atom is 0.279 e. The Kier molecular flexibility index (Phi) is 6.77. The highest BCUT2D eigenvalue weighted by atomic mass is 32.2. The van der Waals surface area contributed by atoms with Crippen LogP contribution in [0.5, 0.6) is 0 Å². The van der Waals surface area contributed by atoms with E-state index in [4.69, 9.17) is 0 Å². The maximum absolute atomic E-state index is 12.6. The molecule has 1 aliphatic rings. The molecule has 0 aliphatic carbocycles. The molecule has 29 heavy (non-hydrogen) atoms. The van der Waals surface area contributed by atoms with Gasteiger partial charge in [-0.25, -0.2) is 8.42 Å². The number of nitrogens with zero attached hydrogens (tertiary/aromatic N) is 2. The zero-order chi connectivity index (χ0) is 21.0. The largest absolute Gasteiger partial charge is 0.350 e. The van der Waals surface area contributed by atoms with Crippen molar-refractivity contribution < 1.29 is 18.1 Å². The van der Waals surface area contributed by atoms with Crippen LogP contribution >= 0.6 is 0 Å². The van der Waals surface area contributed by atoms with Gasteiger partial charge in [-0.15, -0.1) is 0 Å². The van der Waals surface area contributed by atoms with Crippen molar-refractivity contribution in [3.63, 3.8) is 0 Å². The lowest BCUT2D eigenvalue weighted by atomic mass is 10.1. The minimum atomic E-state index is -3.49. The quantitative estimate of drug-likeness (QED) is 0.679. The van der Waals surface area contributed by atoms with Crippen LogP contribution in [0.4, 0.5) is 5.69 Å². The lowest BCUT2D eigenvalue weighted by molar-refractivity contribution is -0.910. The second-order valence-electron chi connectivity index (χ2n) is 7.49. The number of rotatable bonds is 8. The summed E-state index contributed by atoms with van der Waals surface area (Å²) >= 11 is 0. The number of benzene rings is 1. The number of amides is 1. The maximum atomic E-state index is 12.6. The second-order valence-corrected chi connectivity index (χ2v) is 9.42. The molecule has 0 radical (unpaired) electrons. The Bertz CT molecular complexity index is 933. The zero-order valence-corrected chi connectivity index (χ0v) is 18.2. The number of aryl methyl sites for hydroxylation is 1. The van der Waals surface area contributed by atoms with E-state index in [1.807, 2.05) is 33.2 Å². The van der Waals surface area contributed by atoms with Crippen LogP contribution in [-0.2, 0) is 21.9 Å². The Labute approximate surface area is 173 Å². The fourth-order valence-electron chi connectivity index (χ4n) is 4.15. The Balaban J connectivity index is 1.63. The van der Waals surface area contributed by atoms with Crippen molar-refractivity contribution in [2.45, 2.75) is 37.6 Å². The Morgan fingerprint density at radius 3 is 2.48 bits per heavy atom. The first kappa shape index (κ1) is 21.5. The molecule has 0 bridgehead atoms. The van der Waals surface area contributed by atoms with Crippen LogP contribution in [0, 0.1) is 0 Å². The van der Waals surface area contributed by atoms with Crippen molar-refractivity contribution in [3.8, 4) is 0 Å². The van der Waals surface area contributed by atoms with Gasteiger partial charge in [0, 0.05) is 44.9 Å². The monoisotopic (exact) mass is 419 g/mol. The van der Waals surface area contributed by atoms with Crippen molar-refractivity contribution in [2.75, 3.05) is 31.5 Å². The number of aromatic nitrogens is 1. The van der Waals surface area contributed by atoms with E-state index in [0.717, 1.165) is 19.4 Å². The highest BCUT2D eigenvalue weighted by molar-refractivity contribution is 7.89. The number of hydrogen-bond donors (Lipinski definition) is 2. The summed E-state index contributed by atoms with van der Waals surface area (Å²) < 4.78 is 28.7. The molecule has 8 heteroatoms. The van der Waals surface area contributed by atoms with Crippen LogP contribution in [0.3, 0.4) is 0 Å². The number of hydrogen-bond acceptors (Lipinski definition) is 3. The standard InChI is InChI=1S/C21H30N4O3S/c1-4-25(5-2)29(27,28)18-12-10-17(11-13-18)22-21(26)16-24-15-7-9-20(24)19-8-6-14-23(19)3/h6,8,10-14,20H,4-5,7,9,15-16H2,1-3H3,(H,22,26)/p+1/t20-/m0/s1. The van der Waals surface area contributed by atoms with Crippen LogP contribution in [0.1, 0.15) is 38.4 Å². The average Bonchev–Trinajstić information content (AvgIpc) is 3.31. The highest BCUT2D eigenvalue weighted by Crippen LogP contribution is 2.20. The molecular weight excluding hydrogens is 388 g/mol. The van der Waals surface area contributed by atoms with Gasteiger partial charge >= 0.3 is 0 Å². The average molecular weight is 420 g/mol. The van der Waals surface area contributed by atoms with E-state index in [0.29, 0.717) is 31.4 Å². The topological polar surface area (TPSA) is 75.8 Å². The molecule has 2 aromatic rings. The first-order chi connectivity index (χ1) is 13.9. The van der Waals surface area contributed by atoms with Crippen LogP contribution in [-0.4, -0.2) is 49.4 Å². The molecule has 1 aromatic carbocycles. The number of likely N-dealkylation sites (tertiary alicyclic amines) is 1. The number of quaternary nitrogens is 1. The normalized spacial score (nSPS) is 19.6. The van der Waals surface area contributed by atoms with Gasteiger partial charge < -0.3 is 14.8 Å². The molecule has 0 spiro atoms. The molecule has 7 nitrogen and oxygen atoms in total. The van der Waals surface area contributed by atoms with Crippen molar-refractivity contribution >= 4 is 21.6 Å². The van der Waals surface area contributed by atoms with Crippen molar-refractivity contribution in [2.24, 2.45) is 7.05 Å². The van der Waals surface area contributed by atoms with E-state index in [9.17, 15) is 13.2 Å². The summed E-state index contributed by atoms with van der Waals surface area (Å²) in [6, 6.07) is 10.9. The Morgan fingerprint density at radius 2 is 1.90 bits per heavy atom. The van der Waals surface area contributed by atoms with Gasteiger partial charge in [-0.3, -0.25) is 4.79 Å². The van der Waals surface area contributed by atoms with Gasteiger partial charge in [-0.2, -0.15) is 4.31 Å². The predicted octanol–water partition coefficient (Wildman–Crippen LogP) is 1.41. The molecule has 2 heterocycles. The van der Waals surface area contributed by atoms with Gasteiger partial charge in [0.15, 0.2) is 6.54 Å². The zero-order valence-electron chi connectivity index (χ0n) is 17.4. The van der Waals surface area contributed by atoms with E-state index in [1.165, 1.54) is 14.9 Å². The summed E-state index contributed by atoms with van der Waals surface area (Å²) in [5.74, 6) is -0.0551. The number of sulfonamides is 1. The van der Waals surface area contributed by atoms with E-state index < -0.39 is 10.0 Å². The summed E-state index contributed by atoms with van der Waals surface area (Å²) in [7, 11) is -1.45. The lowest BCUT2D eigenvalue weighted by Gasteiger charge is -2.22. The highest BCUT2D eigenvalue weighted by Gasteiger charge is 2.33. The Hall–Kier alpha value is -2.16. The minimum absolute atomic E-state index is 0.0551. The fraction of sp³-hybridized carbons (Fsp3) is 0.476. The van der Waals surface area contributed by atoms with Crippen LogP contribution < -0.4 is 10.2 Å². The van der Waals surface area contributed by atoms with Gasteiger partial charge in [0.05, 0.1) is 17.1 Å². The third-order valence-corrected chi connectivity index (χ3v) is 7.76. The molecule has 2 N–H and O–H groups in total. The summed E-state index contributed by atoms with van der Waals surface area (Å²) in [5, 5.41) is 2.91. The number of carbonyl (C=O) groups excluding carboxylic acids is 1. The van der Waals surface area contributed by atoms with Gasteiger partial charge in [-0.1, -0.05) is 13.8 Å². The molecule has 0 saturated carbocycles.